The minimum atomic E-state index is -0.419. The summed E-state index contributed by atoms with van der Waals surface area (Å²) in [7, 11) is 0. The maximum absolute atomic E-state index is 10.9. The smallest absolute Gasteiger partial charge is 0.269 e. The Hall–Kier alpha value is -2.42. The van der Waals surface area contributed by atoms with Crippen LogP contribution in [0.25, 0.3) is 0 Å². The molecule has 8 nitrogen and oxygen atoms in total. The molecule has 0 saturated carbocycles. The Balaban J connectivity index is 1.89. The second kappa shape index (κ2) is 8.94. The number of fused-ring (bicyclic) bond motifs is 1. The minimum absolute atomic E-state index is 0.0376. The first-order valence-electron chi connectivity index (χ1n) is 9.87. The Morgan fingerprint density at radius 3 is 2.59 bits per heavy atom. The number of unbranched alkanes of at least 4 members (excludes halogenated alkanes) is 2. The van der Waals surface area contributed by atoms with Gasteiger partial charge in [0.1, 0.15) is 5.75 Å². The zero-order valence-electron chi connectivity index (χ0n) is 17.3. The first-order valence-corrected chi connectivity index (χ1v) is 10.9. The number of non-ortho nitro benzene ring substituents is 1. The van der Waals surface area contributed by atoms with Crippen molar-refractivity contribution in [3.63, 3.8) is 0 Å². The predicted molar refractivity (Wildman–Crippen MR) is 114 cm³/mol. The van der Waals surface area contributed by atoms with E-state index in [-0.39, 0.29) is 17.2 Å². The summed E-state index contributed by atoms with van der Waals surface area (Å²) in [6, 6.07) is 6.14. The lowest BCUT2D eigenvalue weighted by Crippen LogP contribution is -2.27. The van der Waals surface area contributed by atoms with Crippen LogP contribution in [0.15, 0.2) is 34.5 Å². The van der Waals surface area contributed by atoms with Gasteiger partial charge in [-0.3, -0.25) is 10.1 Å². The molecular formula is C20H27N5O3S. The SMILES string of the molecule is CCCCCC(Oc1ccc([N+](=O)[O-])cc1)c1nnc2n1N=C(C(C)(C)C)CS2. The maximum Gasteiger partial charge on any atom is 0.269 e. The molecule has 1 aliphatic heterocycles. The lowest BCUT2D eigenvalue weighted by molar-refractivity contribution is -0.384. The third kappa shape index (κ3) is 5.14. The fraction of sp³-hybridized carbons (Fsp3) is 0.550. The normalized spacial score (nSPS) is 14.8. The molecule has 0 radical (unpaired) electrons. The van der Waals surface area contributed by atoms with E-state index in [1.165, 1.54) is 12.1 Å². The van der Waals surface area contributed by atoms with Gasteiger partial charge in [0.05, 0.1) is 10.6 Å². The Morgan fingerprint density at radius 2 is 1.97 bits per heavy atom. The summed E-state index contributed by atoms with van der Waals surface area (Å²) < 4.78 is 8.01. The van der Waals surface area contributed by atoms with Gasteiger partial charge >= 0.3 is 0 Å². The van der Waals surface area contributed by atoms with Crippen LogP contribution in [0.2, 0.25) is 0 Å². The quantitative estimate of drug-likeness (QED) is 0.331. The third-order valence-electron chi connectivity index (χ3n) is 4.74. The van der Waals surface area contributed by atoms with Crippen LogP contribution in [0.3, 0.4) is 0 Å². The topological polar surface area (TPSA) is 95.4 Å². The Labute approximate surface area is 174 Å². The van der Waals surface area contributed by atoms with Crippen LogP contribution in [-0.2, 0) is 0 Å². The Morgan fingerprint density at radius 1 is 1.24 bits per heavy atom. The molecule has 156 valence electrons. The van der Waals surface area contributed by atoms with Crippen molar-refractivity contribution in [2.75, 3.05) is 5.75 Å². The molecule has 29 heavy (non-hydrogen) atoms. The average Bonchev–Trinajstić information content (AvgIpc) is 3.10. The van der Waals surface area contributed by atoms with Gasteiger partial charge in [-0.2, -0.15) is 9.78 Å². The molecule has 1 unspecified atom stereocenters. The van der Waals surface area contributed by atoms with Crippen LogP contribution in [0.5, 0.6) is 5.75 Å². The summed E-state index contributed by atoms with van der Waals surface area (Å²) in [5.74, 6) is 2.03. The largest absolute Gasteiger partial charge is 0.482 e. The number of hydrogen-bond donors (Lipinski definition) is 0. The molecule has 1 aliphatic rings. The van der Waals surface area contributed by atoms with E-state index >= 15 is 0 Å². The second-order valence-electron chi connectivity index (χ2n) is 8.09. The molecule has 3 rings (SSSR count). The Bertz CT molecular complexity index is 887. The number of thioether (sulfide) groups is 1. The molecule has 0 bridgehead atoms. The van der Waals surface area contributed by atoms with Gasteiger partial charge in [-0.15, -0.1) is 10.2 Å². The summed E-state index contributed by atoms with van der Waals surface area (Å²) in [5, 5.41) is 25.2. The standard InChI is InChI=1S/C20H27N5O3S/c1-5-6-7-8-16(28-15-11-9-14(10-12-15)25(26)27)18-21-22-19-24(18)23-17(13-29-19)20(2,3)4/h9-12,16H,5-8,13H2,1-4H3. The maximum atomic E-state index is 10.9. The van der Waals surface area contributed by atoms with Crippen LogP contribution in [-0.4, -0.2) is 31.3 Å². The highest BCUT2D eigenvalue weighted by Gasteiger charge is 2.29. The number of hydrogen-bond acceptors (Lipinski definition) is 7. The highest BCUT2D eigenvalue weighted by atomic mass is 32.2. The summed E-state index contributed by atoms with van der Waals surface area (Å²) in [6.07, 6.45) is 3.62. The number of rotatable bonds is 8. The molecule has 0 N–H and O–H groups in total. The summed E-state index contributed by atoms with van der Waals surface area (Å²) >= 11 is 1.63. The van der Waals surface area contributed by atoms with Crippen LogP contribution in [0.1, 0.15) is 65.3 Å². The van der Waals surface area contributed by atoms with Crippen molar-refractivity contribution in [1.82, 2.24) is 14.9 Å². The van der Waals surface area contributed by atoms with E-state index in [0.29, 0.717) is 11.6 Å². The molecule has 0 amide bonds. The van der Waals surface area contributed by atoms with Gasteiger partial charge < -0.3 is 4.74 Å². The van der Waals surface area contributed by atoms with Crippen LogP contribution < -0.4 is 4.74 Å². The number of nitro benzene ring substituents is 1. The van der Waals surface area contributed by atoms with Crippen LogP contribution >= 0.6 is 11.8 Å². The first-order chi connectivity index (χ1) is 13.8. The predicted octanol–water partition coefficient (Wildman–Crippen LogP) is 5.24. The monoisotopic (exact) mass is 417 g/mol. The molecule has 2 aromatic rings. The van der Waals surface area contributed by atoms with Gasteiger partial charge in [0.15, 0.2) is 11.9 Å². The van der Waals surface area contributed by atoms with E-state index in [9.17, 15) is 10.1 Å². The zero-order chi connectivity index (χ0) is 21.0. The van der Waals surface area contributed by atoms with Crippen LogP contribution in [0.4, 0.5) is 5.69 Å². The summed E-state index contributed by atoms with van der Waals surface area (Å²) in [6.45, 7) is 8.59. The van der Waals surface area contributed by atoms with Crippen molar-refractivity contribution >= 4 is 23.2 Å². The van der Waals surface area contributed by atoms with Crippen molar-refractivity contribution in [3.8, 4) is 5.75 Å². The van der Waals surface area contributed by atoms with E-state index in [2.05, 4.69) is 37.9 Å². The van der Waals surface area contributed by atoms with E-state index in [4.69, 9.17) is 9.84 Å². The van der Waals surface area contributed by atoms with Crippen LogP contribution in [0, 0.1) is 15.5 Å². The van der Waals surface area contributed by atoms with E-state index < -0.39 is 4.92 Å². The van der Waals surface area contributed by atoms with Crippen molar-refractivity contribution < 1.29 is 9.66 Å². The molecule has 9 heteroatoms. The van der Waals surface area contributed by atoms with Gasteiger partial charge in [0.2, 0.25) is 5.16 Å². The number of ether oxygens (including phenoxy) is 1. The minimum Gasteiger partial charge on any atom is -0.482 e. The Kier molecular flexibility index (Phi) is 6.56. The van der Waals surface area contributed by atoms with E-state index in [1.54, 1.807) is 28.6 Å². The highest BCUT2D eigenvalue weighted by Crippen LogP contribution is 2.33. The van der Waals surface area contributed by atoms with Gasteiger partial charge in [-0.05, 0) is 25.0 Å². The number of aromatic nitrogens is 3. The number of nitro groups is 1. The molecule has 0 saturated heterocycles. The molecule has 1 atom stereocenters. The summed E-state index contributed by atoms with van der Waals surface area (Å²) in [4.78, 5) is 10.5. The van der Waals surface area contributed by atoms with Crippen molar-refractivity contribution in [1.29, 1.82) is 0 Å². The van der Waals surface area contributed by atoms with Crippen molar-refractivity contribution in [2.45, 2.75) is 64.6 Å². The van der Waals surface area contributed by atoms with Crippen molar-refractivity contribution in [3.05, 3.63) is 40.2 Å². The van der Waals surface area contributed by atoms with E-state index in [0.717, 1.165) is 42.3 Å². The fourth-order valence-corrected chi connectivity index (χ4v) is 4.05. The highest BCUT2D eigenvalue weighted by molar-refractivity contribution is 7.99. The molecule has 0 fully saturated rings. The molecule has 0 aliphatic carbocycles. The average molecular weight is 418 g/mol. The lowest BCUT2D eigenvalue weighted by Gasteiger charge is -2.25. The van der Waals surface area contributed by atoms with E-state index in [1.807, 2.05) is 0 Å². The van der Waals surface area contributed by atoms with Gasteiger partial charge in [0.25, 0.3) is 5.69 Å². The fourth-order valence-electron chi connectivity index (χ4n) is 2.94. The molecule has 1 aromatic carbocycles. The van der Waals surface area contributed by atoms with Gasteiger partial charge in [0, 0.05) is 23.3 Å². The van der Waals surface area contributed by atoms with Crippen molar-refractivity contribution in [2.24, 2.45) is 10.5 Å². The molecule has 1 aromatic heterocycles. The lowest BCUT2D eigenvalue weighted by atomic mass is 9.91. The molecule has 0 spiro atoms. The zero-order valence-corrected chi connectivity index (χ0v) is 18.1. The molecule has 2 heterocycles. The first kappa shape index (κ1) is 21.3. The number of benzene rings is 1. The second-order valence-corrected chi connectivity index (χ2v) is 9.03. The number of nitrogens with zero attached hydrogens (tertiary/aromatic N) is 5. The van der Waals surface area contributed by atoms with Gasteiger partial charge in [-0.25, -0.2) is 0 Å². The molecular weight excluding hydrogens is 390 g/mol. The third-order valence-corrected chi connectivity index (χ3v) is 5.67. The van der Waals surface area contributed by atoms with Gasteiger partial charge in [-0.1, -0.05) is 52.3 Å². The summed E-state index contributed by atoms with van der Waals surface area (Å²) in [5.41, 5.74) is 1.08.